The zero-order valence-electron chi connectivity index (χ0n) is 13.6. The summed E-state index contributed by atoms with van der Waals surface area (Å²) in [6.07, 6.45) is -3.16. The minimum absolute atomic E-state index is 0.177. The molecule has 1 aromatic carbocycles. The first-order valence-corrected chi connectivity index (χ1v) is 9.08. The number of carbonyl (C=O) groups excluding carboxylic acids is 1. The van der Waals surface area contributed by atoms with Gasteiger partial charge in [-0.25, -0.2) is 4.72 Å². The summed E-state index contributed by atoms with van der Waals surface area (Å²) < 4.78 is 66.5. The predicted molar refractivity (Wildman–Crippen MR) is 86.5 cm³/mol. The van der Waals surface area contributed by atoms with Crippen molar-refractivity contribution in [3.05, 3.63) is 47.8 Å². The van der Waals surface area contributed by atoms with Crippen LogP contribution in [0.15, 0.2) is 36.5 Å². The van der Waals surface area contributed by atoms with Crippen molar-refractivity contribution in [3.63, 3.8) is 0 Å². The summed E-state index contributed by atoms with van der Waals surface area (Å²) in [4.78, 5) is 12.2. The number of halogens is 3. The Balaban J connectivity index is 1.76. The molecule has 1 aliphatic heterocycles. The van der Waals surface area contributed by atoms with Gasteiger partial charge in [0.05, 0.1) is 5.69 Å². The number of carbonyl (C=O) groups is 1. The highest BCUT2D eigenvalue weighted by molar-refractivity contribution is 7.91. The van der Waals surface area contributed by atoms with Crippen molar-refractivity contribution in [3.8, 4) is 0 Å². The minimum atomic E-state index is -4.65. The van der Waals surface area contributed by atoms with Crippen LogP contribution in [-0.4, -0.2) is 30.7 Å². The van der Waals surface area contributed by atoms with E-state index >= 15 is 0 Å². The third kappa shape index (κ3) is 3.39. The van der Waals surface area contributed by atoms with Crippen molar-refractivity contribution >= 4 is 21.8 Å². The molecule has 11 heteroatoms. The van der Waals surface area contributed by atoms with Crippen LogP contribution in [0.2, 0.25) is 0 Å². The van der Waals surface area contributed by atoms with Gasteiger partial charge in [0.2, 0.25) is 0 Å². The van der Waals surface area contributed by atoms with Crippen LogP contribution in [0.5, 0.6) is 0 Å². The molecular weight excluding hydrogens is 373 g/mol. The summed E-state index contributed by atoms with van der Waals surface area (Å²) in [6.45, 7) is 1.44. The normalized spacial score (nSPS) is 15.6. The molecule has 0 bridgehead atoms. The number of nitrogens with zero attached hydrogens (tertiary/aromatic N) is 3. The van der Waals surface area contributed by atoms with Gasteiger partial charge in [0.25, 0.3) is 5.91 Å². The summed E-state index contributed by atoms with van der Waals surface area (Å²) in [7, 11) is -4.18. The van der Waals surface area contributed by atoms with Crippen molar-refractivity contribution in [2.45, 2.75) is 25.6 Å². The van der Waals surface area contributed by atoms with Crippen LogP contribution in [-0.2, 0) is 27.6 Å². The molecule has 1 aliphatic rings. The lowest BCUT2D eigenvalue weighted by Crippen LogP contribution is -2.45. The molecule has 7 nitrogen and oxygen atoms in total. The number of anilines is 1. The van der Waals surface area contributed by atoms with Gasteiger partial charge in [0.1, 0.15) is 6.04 Å². The number of nitrogens with one attached hydrogen (secondary N) is 1. The number of hydrogen-bond acceptors (Lipinski definition) is 4. The Bertz CT molecular complexity index is 940. The van der Waals surface area contributed by atoms with Crippen molar-refractivity contribution in [2.24, 2.45) is 0 Å². The highest BCUT2D eigenvalue weighted by atomic mass is 32.2. The van der Waals surface area contributed by atoms with Crippen LogP contribution < -0.4 is 9.03 Å². The Morgan fingerprint density at radius 2 is 1.96 bits per heavy atom. The number of fused-ring (bicyclic) bond motifs is 1. The van der Waals surface area contributed by atoms with Gasteiger partial charge in [-0.1, -0.05) is 18.2 Å². The van der Waals surface area contributed by atoms with Crippen LogP contribution in [0.25, 0.3) is 0 Å². The Morgan fingerprint density at radius 1 is 1.27 bits per heavy atom. The molecule has 26 heavy (non-hydrogen) atoms. The quantitative estimate of drug-likeness (QED) is 0.867. The highest BCUT2D eigenvalue weighted by Gasteiger charge is 2.35. The number of para-hydroxylation sites is 1. The van der Waals surface area contributed by atoms with Gasteiger partial charge in [-0.2, -0.15) is 26.7 Å². The molecule has 1 atom stereocenters. The number of benzene rings is 1. The number of rotatable bonds is 4. The first-order chi connectivity index (χ1) is 12.1. The lowest BCUT2D eigenvalue weighted by Gasteiger charge is -2.21. The summed E-state index contributed by atoms with van der Waals surface area (Å²) in [6, 6.07) is 6.36. The summed E-state index contributed by atoms with van der Waals surface area (Å²) in [5.41, 5.74) is 0.146. The van der Waals surface area contributed by atoms with Crippen LogP contribution in [0.3, 0.4) is 0 Å². The molecule has 3 rings (SSSR count). The number of hydrogen-bond donors (Lipinski definition) is 1. The van der Waals surface area contributed by atoms with Gasteiger partial charge < -0.3 is 0 Å². The molecule has 1 aromatic heterocycles. The Morgan fingerprint density at radius 3 is 2.62 bits per heavy atom. The fourth-order valence-corrected chi connectivity index (χ4v) is 3.95. The molecule has 0 saturated heterocycles. The monoisotopic (exact) mass is 388 g/mol. The van der Waals surface area contributed by atoms with E-state index in [0.717, 1.165) is 26.8 Å². The minimum Gasteiger partial charge on any atom is -0.271 e. The number of alkyl halides is 3. The fraction of sp³-hybridized carbons (Fsp3) is 0.333. The highest BCUT2D eigenvalue weighted by Crippen LogP contribution is 2.30. The third-order valence-corrected chi connectivity index (χ3v) is 5.46. The van der Waals surface area contributed by atoms with Crippen molar-refractivity contribution in [1.82, 2.24) is 14.5 Å². The van der Waals surface area contributed by atoms with E-state index in [4.69, 9.17) is 0 Å². The topological polar surface area (TPSA) is 84.3 Å². The van der Waals surface area contributed by atoms with Gasteiger partial charge >= 0.3 is 16.4 Å². The average Bonchev–Trinajstić information content (AvgIpc) is 3.20. The molecular formula is C15H15F3N4O3S. The first-order valence-electron chi connectivity index (χ1n) is 7.64. The molecule has 0 fully saturated rings. The molecule has 1 amide bonds. The summed E-state index contributed by atoms with van der Waals surface area (Å²) >= 11 is 0. The van der Waals surface area contributed by atoms with Crippen LogP contribution >= 0.6 is 0 Å². The second-order valence-corrected chi connectivity index (χ2v) is 7.37. The maximum absolute atomic E-state index is 12.6. The SMILES string of the molecule is CC(C(=O)NS(=O)(=O)N1CCc2ccccc21)n1ccc(C(F)(F)F)n1. The van der Waals surface area contributed by atoms with E-state index < -0.39 is 34.0 Å². The lowest BCUT2D eigenvalue weighted by atomic mass is 10.2. The Labute approximate surface area is 147 Å². The van der Waals surface area contributed by atoms with Crippen molar-refractivity contribution in [1.29, 1.82) is 0 Å². The molecule has 140 valence electrons. The van der Waals surface area contributed by atoms with Crippen LogP contribution in [0.1, 0.15) is 24.2 Å². The maximum atomic E-state index is 12.6. The van der Waals surface area contributed by atoms with E-state index in [9.17, 15) is 26.4 Å². The predicted octanol–water partition coefficient (Wildman–Crippen LogP) is 1.89. The van der Waals surface area contributed by atoms with Gasteiger partial charge in [-0.05, 0) is 31.0 Å². The van der Waals surface area contributed by atoms with Gasteiger partial charge in [0.15, 0.2) is 5.69 Å². The summed E-state index contributed by atoms with van der Waals surface area (Å²) in [5.74, 6) is -0.980. The molecule has 1 unspecified atom stereocenters. The molecule has 2 aromatic rings. The number of aromatic nitrogens is 2. The van der Waals surface area contributed by atoms with Gasteiger partial charge in [0, 0.05) is 12.7 Å². The molecule has 0 spiro atoms. The average molecular weight is 388 g/mol. The largest absolute Gasteiger partial charge is 0.435 e. The van der Waals surface area contributed by atoms with E-state index in [-0.39, 0.29) is 6.54 Å². The zero-order valence-corrected chi connectivity index (χ0v) is 14.4. The van der Waals surface area contributed by atoms with E-state index in [0.29, 0.717) is 12.1 Å². The smallest absolute Gasteiger partial charge is 0.271 e. The van der Waals surface area contributed by atoms with E-state index in [1.54, 1.807) is 24.3 Å². The van der Waals surface area contributed by atoms with E-state index in [1.807, 2.05) is 4.72 Å². The third-order valence-electron chi connectivity index (χ3n) is 4.04. The first kappa shape index (κ1) is 18.2. The Hall–Kier alpha value is -2.56. The molecule has 1 N–H and O–H groups in total. The molecule has 0 aliphatic carbocycles. The molecule has 2 heterocycles. The lowest BCUT2D eigenvalue weighted by molar-refractivity contribution is -0.142. The van der Waals surface area contributed by atoms with Gasteiger partial charge in [-0.3, -0.25) is 13.8 Å². The summed E-state index contributed by atoms with van der Waals surface area (Å²) in [5, 5.41) is 3.29. The molecule has 0 radical (unpaired) electrons. The standard InChI is InChI=1S/C15H15F3N4O3S/c1-10(21-8-7-13(19-21)15(16,17)18)14(23)20-26(24,25)22-9-6-11-4-2-3-5-12(11)22/h2-5,7-8,10H,6,9H2,1H3,(H,20,23). The fourth-order valence-electron chi connectivity index (χ4n) is 2.65. The van der Waals surface area contributed by atoms with Crippen LogP contribution in [0, 0.1) is 0 Å². The zero-order chi connectivity index (χ0) is 19.1. The Kier molecular flexibility index (Phi) is 4.42. The second-order valence-electron chi connectivity index (χ2n) is 5.78. The van der Waals surface area contributed by atoms with E-state index in [1.165, 1.54) is 6.92 Å². The van der Waals surface area contributed by atoms with Crippen LogP contribution in [0.4, 0.5) is 18.9 Å². The maximum Gasteiger partial charge on any atom is 0.435 e. The second kappa shape index (κ2) is 6.31. The van der Waals surface area contributed by atoms with E-state index in [2.05, 4.69) is 5.10 Å². The molecule has 0 saturated carbocycles. The van der Waals surface area contributed by atoms with Crippen molar-refractivity contribution in [2.75, 3.05) is 10.8 Å². The van der Waals surface area contributed by atoms with Gasteiger partial charge in [-0.15, -0.1) is 0 Å². The van der Waals surface area contributed by atoms with Crippen molar-refractivity contribution < 1.29 is 26.4 Å². The number of amides is 1.